The van der Waals surface area contributed by atoms with Crippen LogP contribution in [-0.2, 0) is 6.54 Å². The zero-order chi connectivity index (χ0) is 23.1. The molecule has 4 heterocycles. The highest BCUT2D eigenvalue weighted by Crippen LogP contribution is 2.36. The first-order valence-corrected chi connectivity index (χ1v) is 10.9. The Labute approximate surface area is 190 Å². The van der Waals surface area contributed by atoms with Crippen molar-refractivity contribution in [2.75, 3.05) is 44.4 Å². The standard InChI is InChI=1S/C23H26FN7O2/c1-25-16-10-13(24)9-15-19-21(29-20(15)16)27-18(11-26-23(32)17-5-4-8-33-17)28-22(19)31-7-6-14(12-31)30(2)3/h4-5,8-10,14,25H,6-7,11-12H2,1-3H3,(H,26,32)(H,27,28,29). The summed E-state index contributed by atoms with van der Waals surface area (Å²) in [7, 11) is 5.89. The van der Waals surface area contributed by atoms with Gasteiger partial charge in [-0.05, 0) is 44.8 Å². The summed E-state index contributed by atoms with van der Waals surface area (Å²) in [5.41, 5.74) is 2.02. The van der Waals surface area contributed by atoms with Crippen LogP contribution in [0.25, 0.3) is 21.9 Å². The van der Waals surface area contributed by atoms with E-state index in [1.54, 1.807) is 19.2 Å². The Morgan fingerprint density at radius 1 is 1.36 bits per heavy atom. The van der Waals surface area contributed by atoms with Crippen LogP contribution in [0.2, 0.25) is 0 Å². The van der Waals surface area contributed by atoms with Gasteiger partial charge < -0.3 is 29.8 Å². The Morgan fingerprint density at radius 3 is 2.91 bits per heavy atom. The lowest BCUT2D eigenvalue weighted by atomic mass is 10.1. The molecule has 0 bridgehead atoms. The van der Waals surface area contributed by atoms with Gasteiger partial charge in [-0.3, -0.25) is 4.79 Å². The van der Waals surface area contributed by atoms with Gasteiger partial charge in [-0.25, -0.2) is 14.4 Å². The molecule has 1 unspecified atom stereocenters. The number of amides is 1. The lowest BCUT2D eigenvalue weighted by Crippen LogP contribution is -2.32. The van der Waals surface area contributed by atoms with E-state index in [1.807, 2.05) is 0 Å². The number of H-pyrrole nitrogens is 1. The molecule has 1 amide bonds. The molecule has 10 heteroatoms. The molecule has 0 radical (unpaired) electrons. The van der Waals surface area contributed by atoms with Crippen LogP contribution in [0, 0.1) is 5.82 Å². The normalized spacial score (nSPS) is 16.3. The van der Waals surface area contributed by atoms with Crippen LogP contribution in [0.1, 0.15) is 22.8 Å². The van der Waals surface area contributed by atoms with Gasteiger partial charge in [-0.15, -0.1) is 0 Å². The lowest BCUT2D eigenvalue weighted by Gasteiger charge is -2.22. The minimum absolute atomic E-state index is 0.135. The maximum absolute atomic E-state index is 14.4. The number of nitrogens with zero attached hydrogens (tertiary/aromatic N) is 4. The molecule has 1 aliphatic heterocycles. The van der Waals surface area contributed by atoms with Crippen molar-refractivity contribution in [3.63, 3.8) is 0 Å². The van der Waals surface area contributed by atoms with Gasteiger partial charge in [0.2, 0.25) is 0 Å². The van der Waals surface area contributed by atoms with Crippen LogP contribution >= 0.6 is 0 Å². The van der Waals surface area contributed by atoms with E-state index in [-0.39, 0.29) is 24.0 Å². The first kappa shape index (κ1) is 21.2. The number of fused-ring (bicyclic) bond motifs is 3. The summed E-state index contributed by atoms with van der Waals surface area (Å²) in [5.74, 6) is 0.759. The first-order valence-electron chi connectivity index (χ1n) is 10.9. The smallest absolute Gasteiger partial charge is 0.287 e. The Kier molecular flexibility index (Phi) is 5.37. The third-order valence-corrected chi connectivity index (χ3v) is 6.17. The molecule has 5 rings (SSSR count). The fourth-order valence-electron chi connectivity index (χ4n) is 4.40. The molecule has 172 valence electrons. The van der Waals surface area contributed by atoms with Gasteiger partial charge >= 0.3 is 0 Å². The Balaban J connectivity index is 1.59. The summed E-state index contributed by atoms with van der Waals surface area (Å²) in [6.45, 7) is 1.77. The summed E-state index contributed by atoms with van der Waals surface area (Å²) >= 11 is 0. The van der Waals surface area contributed by atoms with Gasteiger partial charge in [0, 0.05) is 31.6 Å². The molecule has 1 fully saturated rings. The molecular formula is C23H26FN7O2. The quantitative estimate of drug-likeness (QED) is 0.414. The van der Waals surface area contributed by atoms with Crippen molar-refractivity contribution >= 4 is 39.3 Å². The highest BCUT2D eigenvalue weighted by atomic mass is 19.1. The number of anilines is 2. The number of aromatic amines is 1. The van der Waals surface area contributed by atoms with E-state index in [1.165, 1.54) is 18.4 Å². The molecular weight excluding hydrogens is 425 g/mol. The summed E-state index contributed by atoms with van der Waals surface area (Å²) in [6.07, 6.45) is 2.45. The molecule has 9 nitrogen and oxygen atoms in total. The monoisotopic (exact) mass is 451 g/mol. The SMILES string of the molecule is CNc1cc(F)cc2c1[nH]c1nc(CNC(=O)c3ccco3)nc(N3CCC(N(C)C)C3)c12. The van der Waals surface area contributed by atoms with Gasteiger partial charge in [-0.1, -0.05) is 0 Å². The van der Waals surface area contributed by atoms with E-state index >= 15 is 0 Å². The number of aromatic nitrogens is 3. The minimum atomic E-state index is -0.338. The fourth-order valence-corrected chi connectivity index (χ4v) is 4.40. The number of furan rings is 1. The van der Waals surface area contributed by atoms with Gasteiger partial charge in [-0.2, -0.15) is 0 Å². The average Bonchev–Trinajstić information content (AvgIpc) is 3.56. The molecule has 0 saturated carbocycles. The molecule has 1 aromatic carbocycles. The van der Waals surface area contributed by atoms with Crippen LogP contribution in [0.4, 0.5) is 15.9 Å². The van der Waals surface area contributed by atoms with Crippen LogP contribution in [0.3, 0.4) is 0 Å². The average molecular weight is 452 g/mol. The van der Waals surface area contributed by atoms with E-state index in [9.17, 15) is 9.18 Å². The number of benzene rings is 1. The van der Waals surface area contributed by atoms with Crippen molar-refractivity contribution in [2.45, 2.75) is 19.0 Å². The Hall–Kier alpha value is -3.66. The van der Waals surface area contributed by atoms with Crippen LogP contribution < -0.4 is 15.5 Å². The molecule has 1 aliphatic rings. The number of nitrogens with one attached hydrogen (secondary N) is 3. The van der Waals surface area contributed by atoms with E-state index in [4.69, 9.17) is 9.40 Å². The number of hydrogen-bond donors (Lipinski definition) is 3. The highest BCUT2D eigenvalue weighted by molar-refractivity contribution is 6.14. The van der Waals surface area contributed by atoms with Crippen molar-refractivity contribution < 1.29 is 13.6 Å². The Bertz CT molecular complexity index is 1320. The third-order valence-electron chi connectivity index (χ3n) is 6.17. The molecule has 1 atom stereocenters. The van der Waals surface area contributed by atoms with Crippen LogP contribution in [0.5, 0.6) is 0 Å². The van der Waals surface area contributed by atoms with E-state index in [0.29, 0.717) is 23.2 Å². The van der Waals surface area contributed by atoms with E-state index < -0.39 is 0 Å². The second kappa shape index (κ2) is 8.36. The summed E-state index contributed by atoms with van der Waals surface area (Å²) in [4.78, 5) is 29.6. The number of carbonyl (C=O) groups excluding carboxylic acids is 1. The molecule has 3 N–H and O–H groups in total. The van der Waals surface area contributed by atoms with Crippen LogP contribution in [-0.4, -0.2) is 66.0 Å². The number of halogens is 1. The zero-order valence-electron chi connectivity index (χ0n) is 18.8. The lowest BCUT2D eigenvalue weighted by molar-refractivity contribution is 0.0922. The maximum Gasteiger partial charge on any atom is 0.287 e. The van der Waals surface area contributed by atoms with E-state index in [2.05, 4.69) is 44.5 Å². The van der Waals surface area contributed by atoms with Gasteiger partial charge in [0.05, 0.1) is 29.4 Å². The largest absolute Gasteiger partial charge is 0.459 e. The number of rotatable bonds is 6. The van der Waals surface area contributed by atoms with Gasteiger partial charge in [0.25, 0.3) is 5.91 Å². The van der Waals surface area contributed by atoms with Crippen molar-refractivity contribution in [3.8, 4) is 0 Å². The topological polar surface area (TPSA) is 102 Å². The van der Waals surface area contributed by atoms with Crippen molar-refractivity contribution in [1.82, 2.24) is 25.2 Å². The molecule has 0 aliphatic carbocycles. The second-order valence-corrected chi connectivity index (χ2v) is 8.45. The molecule has 3 aromatic heterocycles. The van der Waals surface area contributed by atoms with E-state index in [0.717, 1.165) is 41.6 Å². The predicted octanol–water partition coefficient (Wildman–Crippen LogP) is 2.96. The Morgan fingerprint density at radius 2 is 2.21 bits per heavy atom. The van der Waals surface area contributed by atoms with Gasteiger partial charge in [0.1, 0.15) is 17.3 Å². The predicted molar refractivity (Wildman–Crippen MR) is 125 cm³/mol. The van der Waals surface area contributed by atoms with Crippen molar-refractivity contribution in [1.29, 1.82) is 0 Å². The number of hydrogen-bond acceptors (Lipinski definition) is 7. The maximum atomic E-state index is 14.4. The molecule has 33 heavy (non-hydrogen) atoms. The first-order chi connectivity index (χ1) is 15.9. The van der Waals surface area contributed by atoms with Crippen molar-refractivity contribution in [3.05, 3.63) is 47.9 Å². The van der Waals surface area contributed by atoms with Crippen molar-refractivity contribution in [2.24, 2.45) is 0 Å². The van der Waals surface area contributed by atoms with Crippen LogP contribution in [0.15, 0.2) is 34.9 Å². The molecule has 4 aromatic rings. The summed E-state index contributed by atoms with van der Waals surface area (Å²) < 4.78 is 19.6. The highest BCUT2D eigenvalue weighted by Gasteiger charge is 2.28. The summed E-state index contributed by atoms with van der Waals surface area (Å²) in [6, 6.07) is 6.62. The molecule has 0 spiro atoms. The molecule has 1 saturated heterocycles. The van der Waals surface area contributed by atoms with Gasteiger partial charge in [0.15, 0.2) is 11.6 Å². The minimum Gasteiger partial charge on any atom is -0.459 e. The third kappa shape index (κ3) is 3.86. The fraction of sp³-hybridized carbons (Fsp3) is 0.348. The number of likely N-dealkylation sites (N-methyl/N-ethyl adjacent to an activating group) is 1. The summed E-state index contributed by atoms with van der Waals surface area (Å²) in [5, 5.41) is 7.36. The zero-order valence-corrected chi connectivity index (χ0v) is 18.8. The second-order valence-electron chi connectivity index (χ2n) is 8.45. The number of carbonyl (C=O) groups is 1.